The van der Waals surface area contributed by atoms with Gasteiger partial charge in [-0.1, -0.05) is 17.7 Å². The summed E-state index contributed by atoms with van der Waals surface area (Å²) in [6, 6.07) is 5.47. The van der Waals surface area contributed by atoms with Crippen LogP contribution in [-0.2, 0) is 20.8 Å². The summed E-state index contributed by atoms with van der Waals surface area (Å²) in [5.41, 5.74) is 1.86. The van der Waals surface area contributed by atoms with E-state index < -0.39 is 5.92 Å². The van der Waals surface area contributed by atoms with E-state index >= 15 is 0 Å². The van der Waals surface area contributed by atoms with Gasteiger partial charge in [0.1, 0.15) is 5.69 Å². The first-order chi connectivity index (χ1) is 19.8. The molecule has 12 nitrogen and oxygen atoms in total. The quantitative estimate of drug-likeness (QED) is 0.362. The highest BCUT2D eigenvalue weighted by Gasteiger charge is 2.48. The Morgan fingerprint density at radius 1 is 1.10 bits per heavy atom. The van der Waals surface area contributed by atoms with Crippen LogP contribution in [0.15, 0.2) is 36.8 Å². The maximum atomic E-state index is 13.5. The maximum Gasteiger partial charge on any atom is 0.274 e. The Bertz CT molecular complexity index is 1460. The van der Waals surface area contributed by atoms with E-state index in [1.54, 1.807) is 22.1 Å². The number of amides is 4. The molecule has 13 heteroatoms. The van der Waals surface area contributed by atoms with Crippen molar-refractivity contribution in [1.29, 1.82) is 0 Å². The van der Waals surface area contributed by atoms with Crippen molar-refractivity contribution in [1.82, 2.24) is 35.4 Å². The first-order valence-electron chi connectivity index (χ1n) is 13.5. The third-order valence-electron chi connectivity index (χ3n) is 7.77. The third kappa shape index (κ3) is 6.12. The summed E-state index contributed by atoms with van der Waals surface area (Å²) in [6.07, 6.45) is 4.74. The van der Waals surface area contributed by atoms with Crippen molar-refractivity contribution in [2.45, 2.75) is 13.3 Å². The molecule has 2 aliphatic rings. The summed E-state index contributed by atoms with van der Waals surface area (Å²) in [6.45, 7) is 3.41. The first kappa shape index (κ1) is 28.3. The van der Waals surface area contributed by atoms with Crippen LogP contribution in [0.1, 0.15) is 23.0 Å². The first-order valence-corrected chi connectivity index (χ1v) is 13.9. The number of piperidine rings is 1. The molecule has 4 amide bonds. The number of H-pyrrole nitrogens is 1. The molecule has 5 rings (SSSR count). The number of aromatic amines is 1. The fraction of sp³-hybridized carbons (Fsp3) is 0.429. The Balaban J connectivity index is 1.33. The topological polar surface area (TPSA) is 150 Å². The van der Waals surface area contributed by atoms with Crippen molar-refractivity contribution >= 4 is 46.1 Å². The number of hydrogen-bond donors (Lipinski definition) is 3. The molecule has 0 saturated carbocycles. The highest BCUT2D eigenvalue weighted by molar-refractivity contribution is 6.31. The van der Waals surface area contributed by atoms with Crippen LogP contribution in [0.5, 0.6) is 5.88 Å². The Hall–Kier alpha value is -4.19. The van der Waals surface area contributed by atoms with Crippen LogP contribution in [0.25, 0.3) is 10.9 Å². The molecule has 2 saturated heterocycles. The largest absolute Gasteiger partial charge is 0.477 e. The van der Waals surface area contributed by atoms with Crippen LogP contribution in [0.4, 0.5) is 0 Å². The van der Waals surface area contributed by atoms with Gasteiger partial charge in [-0.3, -0.25) is 19.2 Å². The fourth-order valence-electron chi connectivity index (χ4n) is 5.70. The van der Waals surface area contributed by atoms with Crippen LogP contribution in [0.3, 0.4) is 0 Å². The number of fused-ring (bicyclic) bond motifs is 2. The molecular formula is C28H32ClN7O5. The number of halogens is 1. The van der Waals surface area contributed by atoms with Crippen LogP contribution >= 0.6 is 11.6 Å². The van der Waals surface area contributed by atoms with Crippen molar-refractivity contribution in [3.8, 4) is 5.88 Å². The van der Waals surface area contributed by atoms with Crippen molar-refractivity contribution in [2.24, 2.45) is 17.8 Å². The number of carbonyl (C=O) groups is 4. The smallest absolute Gasteiger partial charge is 0.274 e. The molecule has 2 aromatic heterocycles. The molecule has 0 bridgehead atoms. The summed E-state index contributed by atoms with van der Waals surface area (Å²) >= 11 is 6.10. The van der Waals surface area contributed by atoms with Gasteiger partial charge in [-0.25, -0.2) is 9.97 Å². The van der Waals surface area contributed by atoms with Gasteiger partial charge in [-0.2, -0.15) is 0 Å². The summed E-state index contributed by atoms with van der Waals surface area (Å²) in [4.78, 5) is 66.8. The Kier molecular flexibility index (Phi) is 8.39. The van der Waals surface area contributed by atoms with E-state index in [-0.39, 0.29) is 60.7 Å². The molecule has 1 aromatic carbocycles. The molecule has 216 valence electrons. The lowest BCUT2D eigenvalue weighted by Crippen LogP contribution is -2.54. The molecule has 41 heavy (non-hydrogen) atoms. The zero-order chi connectivity index (χ0) is 29.1. The van der Waals surface area contributed by atoms with Gasteiger partial charge in [0.2, 0.25) is 23.6 Å². The second-order valence-electron chi connectivity index (χ2n) is 10.3. The molecule has 3 aromatic rings. The molecule has 2 fully saturated rings. The minimum absolute atomic E-state index is 0.120. The number of likely N-dealkylation sites (N-methyl/N-ethyl adjacent to an activating group) is 1. The number of rotatable bonds is 8. The number of nitrogens with zero attached hydrogens (tertiary/aromatic N) is 4. The highest BCUT2D eigenvalue weighted by Crippen LogP contribution is 2.36. The Morgan fingerprint density at radius 2 is 1.90 bits per heavy atom. The number of ether oxygens (including phenoxy) is 1. The van der Waals surface area contributed by atoms with E-state index in [1.165, 1.54) is 19.4 Å². The lowest BCUT2D eigenvalue weighted by atomic mass is 9.79. The van der Waals surface area contributed by atoms with Gasteiger partial charge in [-0.15, -0.1) is 0 Å². The van der Waals surface area contributed by atoms with Crippen LogP contribution in [-0.4, -0.2) is 94.8 Å². The van der Waals surface area contributed by atoms with Gasteiger partial charge in [0, 0.05) is 55.3 Å². The zero-order valence-electron chi connectivity index (χ0n) is 22.9. The standard InChI is InChI=1S/C28H32ClN7O5/c1-3-41-25-11-32-23(9-33-25)28(40)36-13-17-12-35(15-21(20(17)14-36)27(39)34-10-24(37)30-2)26(38)6-16-8-31-22-7-18(29)4-5-19(16)22/h4-5,7-9,11,17,20-21,31H,3,6,10,12-15H2,1-2H3,(H,30,37)(H,34,39). The van der Waals surface area contributed by atoms with E-state index in [0.717, 1.165) is 16.5 Å². The predicted octanol–water partition coefficient (Wildman–Crippen LogP) is 1.26. The summed E-state index contributed by atoms with van der Waals surface area (Å²) in [5, 5.41) is 6.69. The lowest BCUT2D eigenvalue weighted by molar-refractivity contribution is -0.139. The highest BCUT2D eigenvalue weighted by atomic mass is 35.5. The second-order valence-corrected chi connectivity index (χ2v) is 10.7. The van der Waals surface area contributed by atoms with Gasteiger partial charge >= 0.3 is 0 Å². The monoisotopic (exact) mass is 581 g/mol. The molecule has 0 aliphatic carbocycles. The van der Waals surface area contributed by atoms with Gasteiger partial charge in [-0.05, 0) is 36.5 Å². The predicted molar refractivity (Wildman–Crippen MR) is 150 cm³/mol. The van der Waals surface area contributed by atoms with E-state index in [4.69, 9.17) is 16.3 Å². The number of hydrogen-bond acceptors (Lipinski definition) is 7. The number of nitrogens with one attached hydrogen (secondary N) is 3. The number of aromatic nitrogens is 3. The van der Waals surface area contributed by atoms with Gasteiger partial charge in [0.05, 0.1) is 37.9 Å². The SMILES string of the molecule is CCOc1cnc(C(=O)N2CC3CN(C(=O)Cc4c[nH]c5cc(Cl)ccc45)CC(C(=O)NCC(=O)NC)C3C2)cn1. The second kappa shape index (κ2) is 12.1. The average molecular weight is 582 g/mol. The van der Waals surface area contributed by atoms with Crippen LogP contribution < -0.4 is 15.4 Å². The Morgan fingerprint density at radius 3 is 2.63 bits per heavy atom. The third-order valence-corrected chi connectivity index (χ3v) is 8.00. The van der Waals surface area contributed by atoms with Crippen molar-refractivity contribution in [2.75, 3.05) is 46.4 Å². The average Bonchev–Trinajstić information content (AvgIpc) is 3.59. The number of carbonyl (C=O) groups excluding carboxylic acids is 4. The molecule has 0 radical (unpaired) electrons. The van der Waals surface area contributed by atoms with Crippen molar-refractivity contribution < 1.29 is 23.9 Å². The molecule has 3 atom stereocenters. The summed E-state index contributed by atoms with van der Waals surface area (Å²) in [5.74, 6) is -1.62. The van der Waals surface area contributed by atoms with Crippen LogP contribution in [0.2, 0.25) is 5.02 Å². The molecule has 3 N–H and O–H groups in total. The van der Waals surface area contributed by atoms with Gasteiger partial charge < -0.3 is 30.2 Å². The summed E-state index contributed by atoms with van der Waals surface area (Å²) < 4.78 is 5.32. The molecule has 2 aliphatic heterocycles. The van der Waals surface area contributed by atoms with Gasteiger partial charge in [0.25, 0.3) is 5.91 Å². The number of likely N-dealkylation sites (tertiary alicyclic amines) is 2. The molecule has 4 heterocycles. The van der Waals surface area contributed by atoms with Crippen molar-refractivity contribution in [3.05, 3.63) is 53.1 Å². The summed E-state index contributed by atoms with van der Waals surface area (Å²) in [7, 11) is 1.49. The van der Waals surface area contributed by atoms with E-state index in [9.17, 15) is 19.2 Å². The fourth-order valence-corrected chi connectivity index (χ4v) is 5.87. The van der Waals surface area contributed by atoms with Crippen molar-refractivity contribution in [3.63, 3.8) is 0 Å². The normalized spacial score (nSPS) is 20.0. The number of benzene rings is 1. The molecular weight excluding hydrogens is 550 g/mol. The minimum Gasteiger partial charge on any atom is -0.477 e. The lowest BCUT2D eigenvalue weighted by Gasteiger charge is -2.39. The van der Waals surface area contributed by atoms with Crippen LogP contribution in [0, 0.1) is 17.8 Å². The maximum absolute atomic E-state index is 13.5. The zero-order valence-corrected chi connectivity index (χ0v) is 23.6. The molecule has 3 unspecified atom stereocenters. The molecule has 0 spiro atoms. The van der Waals surface area contributed by atoms with E-state index in [0.29, 0.717) is 37.1 Å². The van der Waals surface area contributed by atoms with E-state index in [1.807, 2.05) is 19.1 Å². The Labute approximate surface area is 241 Å². The minimum atomic E-state index is -0.589. The van der Waals surface area contributed by atoms with E-state index in [2.05, 4.69) is 25.6 Å². The van der Waals surface area contributed by atoms with Gasteiger partial charge in [0.15, 0.2) is 0 Å².